The summed E-state index contributed by atoms with van der Waals surface area (Å²) in [6, 6.07) is 0. The van der Waals surface area contributed by atoms with Crippen LogP contribution in [0, 0.1) is 0 Å². The molecular weight excluding hydrogens is 103 g/mol. The van der Waals surface area contributed by atoms with Gasteiger partial charge in [-0.05, 0) is 6.32 Å². The molecule has 2 nitrogen and oxygen atoms in total. The molecule has 0 aliphatic heterocycles. The van der Waals surface area contributed by atoms with Gasteiger partial charge >= 0.3 is 0 Å². The van der Waals surface area contributed by atoms with Crippen molar-refractivity contribution in [2.45, 2.75) is 26.1 Å². The first-order valence-corrected chi connectivity index (χ1v) is 2.95. The smallest absolute Gasteiger partial charge is 0.136 e. The normalized spacial score (nSPS) is 13.5. The summed E-state index contributed by atoms with van der Waals surface area (Å²) in [6.45, 7) is 4.38. The van der Waals surface area contributed by atoms with Gasteiger partial charge in [0.1, 0.15) is 6.71 Å². The Morgan fingerprint density at radius 2 is 2.00 bits per heavy atom. The van der Waals surface area contributed by atoms with E-state index in [1.54, 1.807) is 0 Å². The van der Waals surface area contributed by atoms with Gasteiger partial charge in [0.2, 0.25) is 0 Å². The summed E-state index contributed by atoms with van der Waals surface area (Å²) < 4.78 is 0. The molecule has 0 rings (SSSR count). The van der Waals surface area contributed by atoms with Crippen LogP contribution in [0.3, 0.4) is 0 Å². The van der Waals surface area contributed by atoms with Gasteiger partial charge in [0.05, 0.1) is 12.7 Å². The topological polar surface area (TPSA) is 40.5 Å². The summed E-state index contributed by atoms with van der Waals surface area (Å²) in [5.41, 5.74) is 0. The van der Waals surface area contributed by atoms with Gasteiger partial charge in [-0.2, -0.15) is 0 Å². The summed E-state index contributed by atoms with van der Waals surface area (Å²) >= 11 is 0. The Balaban J connectivity index is 3.10. The Morgan fingerprint density at radius 1 is 1.50 bits per heavy atom. The molecule has 0 aromatic carbocycles. The molecule has 2 N–H and O–H groups in total. The van der Waals surface area contributed by atoms with Crippen LogP contribution >= 0.6 is 0 Å². The molecule has 0 aromatic heterocycles. The van der Waals surface area contributed by atoms with E-state index in [1.807, 2.05) is 13.6 Å². The lowest BCUT2D eigenvalue weighted by Crippen LogP contribution is -2.17. The Morgan fingerprint density at radius 3 is 2.12 bits per heavy atom. The van der Waals surface area contributed by atoms with Gasteiger partial charge in [-0.15, -0.1) is 0 Å². The van der Waals surface area contributed by atoms with Crippen molar-refractivity contribution in [3.63, 3.8) is 0 Å². The van der Waals surface area contributed by atoms with Crippen LogP contribution in [0.4, 0.5) is 0 Å². The SMILES string of the molecule is CB(C)CC(O)CO. The number of rotatable bonds is 3. The first-order chi connectivity index (χ1) is 3.66. The van der Waals surface area contributed by atoms with Gasteiger partial charge in [0.15, 0.2) is 0 Å². The molecule has 0 spiro atoms. The van der Waals surface area contributed by atoms with Crippen molar-refractivity contribution in [1.29, 1.82) is 0 Å². The van der Waals surface area contributed by atoms with Crippen LogP contribution in [0.2, 0.25) is 20.0 Å². The minimum absolute atomic E-state index is 0.113. The number of aliphatic hydroxyl groups excluding tert-OH is 2. The predicted molar refractivity (Wildman–Crippen MR) is 35.4 cm³/mol. The quantitative estimate of drug-likeness (QED) is 0.513. The molecule has 0 heterocycles. The second-order valence-corrected chi connectivity index (χ2v) is 2.47. The summed E-state index contributed by atoms with van der Waals surface area (Å²) in [5.74, 6) is 0. The van der Waals surface area contributed by atoms with Crippen molar-refractivity contribution >= 4 is 6.71 Å². The standard InChI is InChI=1S/C5H13BO2/c1-6(2)3-5(8)4-7/h5,7-8H,3-4H2,1-2H3. The maximum atomic E-state index is 8.78. The van der Waals surface area contributed by atoms with E-state index < -0.39 is 6.10 Å². The van der Waals surface area contributed by atoms with Gasteiger partial charge in [-0.25, -0.2) is 0 Å². The minimum Gasteiger partial charge on any atom is -0.394 e. The number of hydrogen-bond donors (Lipinski definition) is 2. The summed E-state index contributed by atoms with van der Waals surface area (Å²) in [5, 5.41) is 17.1. The molecule has 0 saturated heterocycles. The maximum Gasteiger partial charge on any atom is 0.136 e. The lowest BCUT2D eigenvalue weighted by Gasteiger charge is -2.05. The van der Waals surface area contributed by atoms with Crippen LogP contribution in [-0.2, 0) is 0 Å². The molecule has 1 atom stereocenters. The van der Waals surface area contributed by atoms with Crippen molar-refractivity contribution in [2.24, 2.45) is 0 Å². The molecule has 0 amide bonds. The molecule has 0 saturated carbocycles. The molecule has 8 heavy (non-hydrogen) atoms. The number of hydrogen-bond acceptors (Lipinski definition) is 2. The van der Waals surface area contributed by atoms with Crippen molar-refractivity contribution in [3.05, 3.63) is 0 Å². The van der Waals surface area contributed by atoms with Gasteiger partial charge in [0.25, 0.3) is 0 Å². The second kappa shape index (κ2) is 3.92. The molecule has 3 heteroatoms. The molecule has 48 valence electrons. The zero-order valence-electron chi connectivity index (χ0n) is 5.46. The molecule has 0 aliphatic carbocycles. The predicted octanol–water partition coefficient (Wildman–Crippen LogP) is 0.0940. The first kappa shape index (κ1) is 7.98. The highest BCUT2D eigenvalue weighted by Crippen LogP contribution is 1.96. The molecule has 0 aliphatic rings. The molecule has 1 unspecified atom stereocenters. The fraction of sp³-hybridized carbons (Fsp3) is 1.00. The van der Waals surface area contributed by atoms with E-state index >= 15 is 0 Å². The third-order valence-electron chi connectivity index (χ3n) is 0.954. The highest BCUT2D eigenvalue weighted by molar-refractivity contribution is 6.55. The fourth-order valence-corrected chi connectivity index (χ4v) is 0.619. The lowest BCUT2D eigenvalue weighted by atomic mass is 9.51. The fourth-order valence-electron chi connectivity index (χ4n) is 0.619. The molecule has 0 fully saturated rings. The van der Waals surface area contributed by atoms with E-state index in [1.165, 1.54) is 0 Å². The maximum absolute atomic E-state index is 8.78. The van der Waals surface area contributed by atoms with Gasteiger partial charge in [0, 0.05) is 0 Å². The third kappa shape index (κ3) is 4.15. The largest absolute Gasteiger partial charge is 0.394 e. The van der Waals surface area contributed by atoms with Gasteiger partial charge < -0.3 is 10.2 Å². The highest BCUT2D eigenvalue weighted by atomic mass is 16.3. The van der Waals surface area contributed by atoms with E-state index in [-0.39, 0.29) is 6.61 Å². The summed E-state index contributed by atoms with van der Waals surface area (Å²) in [7, 11) is 0. The highest BCUT2D eigenvalue weighted by Gasteiger charge is 2.05. The Bertz CT molecular complexity index is 56.4. The van der Waals surface area contributed by atoms with Crippen molar-refractivity contribution in [2.75, 3.05) is 6.61 Å². The van der Waals surface area contributed by atoms with Crippen LogP contribution < -0.4 is 0 Å². The van der Waals surface area contributed by atoms with Crippen LogP contribution in [0.25, 0.3) is 0 Å². The number of aliphatic hydroxyl groups is 2. The Kier molecular flexibility index (Phi) is 3.92. The minimum atomic E-state index is -0.519. The van der Waals surface area contributed by atoms with E-state index in [0.29, 0.717) is 13.0 Å². The zero-order valence-corrected chi connectivity index (χ0v) is 5.46. The molecule has 0 aromatic rings. The van der Waals surface area contributed by atoms with E-state index in [2.05, 4.69) is 0 Å². The average Bonchev–Trinajstić information content (AvgIpc) is 1.65. The first-order valence-electron chi connectivity index (χ1n) is 2.95. The summed E-state index contributed by atoms with van der Waals surface area (Å²) in [4.78, 5) is 0. The monoisotopic (exact) mass is 116 g/mol. The third-order valence-corrected chi connectivity index (χ3v) is 0.954. The van der Waals surface area contributed by atoms with Crippen LogP contribution in [0.15, 0.2) is 0 Å². The summed E-state index contributed by atoms with van der Waals surface area (Å²) in [6.07, 6.45) is 0.172. The van der Waals surface area contributed by atoms with Crippen LogP contribution in [-0.4, -0.2) is 29.6 Å². The van der Waals surface area contributed by atoms with Crippen LogP contribution in [0.1, 0.15) is 0 Å². The van der Waals surface area contributed by atoms with Crippen molar-refractivity contribution in [1.82, 2.24) is 0 Å². The van der Waals surface area contributed by atoms with Crippen LogP contribution in [0.5, 0.6) is 0 Å². The lowest BCUT2D eigenvalue weighted by molar-refractivity contribution is 0.109. The second-order valence-electron chi connectivity index (χ2n) is 2.47. The molecular formula is C5H13BO2. The van der Waals surface area contributed by atoms with Gasteiger partial charge in [-0.1, -0.05) is 13.6 Å². The van der Waals surface area contributed by atoms with E-state index in [0.717, 1.165) is 0 Å². The van der Waals surface area contributed by atoms with Crippen molar-refractivity contribution in [3.8, 4) is 0 Å². The Hall–Kier alpha value is -0.0151. The van der Waals surface area contributed by atoms with Gasteiger partial charge in [-0.3, -0.25) is 0 Å². The van der Waals surface area contributed by atoms with Crippen molar-refractivity contribution < 1.29 is 10.2 Å². The van der Waals surface area contributed by atoms with E-state index in [4.69, 9.17) is 10.2 Å². The molecule has 0 bridgehead atoms. The average molecular weight is 116 g/mol. The van der Waals surface area contributed by atoms with E-state index in [9.17, 15) is 0 Å². The zero-order chi connectivity index (χ0) is 6.57. The molecule has 0 radical (unpaired) electrons. The Labute approximate surface area is 50.6 Å².